The Morgan fingerprint density at radius 3 is 2.41 bits per heavy atom. The van der Waals surface area contributed by atoms with Crippen LogP contribution in [-0.2, 0) is 4.79 Å². The molecule has 1 aliphatic heterocycles. The molecule has 1 amide bonds. The molecule has 5 aromatic rings. The van der Waals surface area contributed by atoms with Crippen molar-refractivity contribution in [2.45, 2.75) is 6.04 Å². The number of thiazole rings is 1. The summed E-state index contributed by atoms with van der Waals surface area (Å²) in [4.78, 5) is 35.9. The maximum Gasteiger partial charge on any atom is 0.275 e. The molecule has 39 heavy (non-hydrogen) atoms. The van der Waals surface area contributed by atoms with Gasteiger partial charge in [-0.25, -0.2) is 9.67 Å². The lowest BCUT2D eigenvalue weighted by atomic mass is 10.0. The first kappa shape index (κ1) is 25.0. The number of rotatable bonds is 6. The summed E-state index contributed by atoms with van der Waals surface area (Å²) in [5, 5.41) is 10.8. The fraction of sp³-hybridized carbons (Fsp3) is 0.200. The summed E-state index contributed by atoms with van der Waals surface area (Å²) in [6.45, 7) is 4.18. The van der Waals surface area contributed by atoms with Crippen LogP contribution in [0.1, 0.15) is 11.6 Å². The molecule has 1 unspecified atom stereocenters. The van der Waals surface area contributed by atoms with Gasteiger partial charge in [0.15, 0.2) is 11.2 Å². The van der Waals surface area contributed by atoms with Gasteiger partial charge in [0.2, 0.25) is 0 Å². The van der Waals surface area contributed by atoms with Crippen LogP contribution in [0.15, 0.2) is 95.4 Å². The number of hydrogen-bond acceptors (Lipinski definition) is 7. The van der Waals surface area contributed by atoms with Crippen molar-refractivity contribution in [2.24, 2.45) is 0 Å². The van der Waals surface area contributed by atoms with Gasteiger partial charge in [-0.05, 0) is 48.0 Å². The first-order valence-corrected chi connectivity index (χ1v) is 13.8. The quantitative estimate of drug-likeness (QED) is 0.344. The summed E-state index contributed by atoms with van der Waals surface area (Å²) in [5.74, 6) is -0.373. The van der Waals surface area contributed by atoms with Gasteiger partial charge in [0.05, 0.1) is 11.6 Å². The van der Waals surface area contributed by atoms with E-state index in [-0.39, 0.29) is 11.5 Å². The van der Waals surface area contributed by atoms with Gasteiger partial charge in [-0.15, -0.1) is 11.3 Å². The molecule has 0 bridgehead atoms. The monoisotopic (exact) mass is 536 g/mol. The Morgan fingerprint density at radius 2 is 1.69 bits per heavy atom. The standard InChI is InChI=1S/C30H28N6O2S/c1-34-14-16-35(17-15-34)25-10-7-21(8-11-25)23-9-12-26-24(19-23)20-32-36(29(26)38)27(22-5-3-2-4-6-22)28(37)33-30-31-13-18-39-30/h2-13,18-20,27H,14-17H2,1H3,(H,31,33,37). The number of amides is 1. The van der Waals surface area contributed by atoms with Crippen molar-refractivity contribution in [1.82, 2.24) is 19.7 Å². The van der Waals surface area contributed by atoms with E-state index in [0.29, 0.717) is 16.1 Å². The SMILES string of the molecule is CN1CCN(c2ccc(-c3ccc4c(=O)n(C(C(=O)Nc5nccs5)c5ccccc5)ncc4c3)cc2)CC1. The molecule has 0 radical (unpaired) electrons. The number of nitrogens with zero attached hydrogens (tertiary/aromatic N) is 5. The number of fused-ring (bicyclic) bond motifs is 1. The molecule has 0 saturated carbocycles. The van der Waals surface area contributed by atoms with Crippen LogP contribution in [0.25, 0.3) is 21.9 Å². The van der Waals surface area contributed by atoms with E-state index in [9.17, 15) is 9.59 Å². The van der Waals surface area contributed by atoms with Crippen molar-refractivity contribution >= 4 is 38.8 Å². The molecule has 1 saturated heterocycles. The van der Waals surface area contributed by atoms with E-state index < -0.39 is 6.04 Å². The van der Waals surface area contributed by atoms with E-state index in [1.54, 1.807) is 17.8 Å². The molecule has 1 aliphatic rings. The summed E-state index contributed by atoms with van der Waals surface area (Å²) < 4.78 is 1.26. The van der Waals surface area contributed by atoms with Gasteiger partial charge in [-0.3, -0.25) is 14.9 Å². The Balaban J connectivity index is 1.31. The lowest BCUT2D eigenvalue weighted by Crippen LogP contribution is -2.44. The molecule has 0 aliphatic carbocycles. The number of aromatic nitrogens is 3. The second kappa shape index (κ2) is 10.8. The highest BCUT2D eigenvalue weighted by Crippen LogP contribution is 2.27. The predicted octanol–water partition coefficient (Wildman–Crippen LogP) is 4.50. The number of anilines is 2. The minimum Gasteiger partial charge on any atom is -0.369 e. The zero-order chi connectivity index (χ0) is 26.8. The molecule has 196 valence electrons. The Bertz CT molecular complexity index is 1640. The van der Waals surface area contributed by atoms with E-state index in [4.69, 9.17) is 0 Å². The van der Waals surface area contributed by atoms with E-state index in [0.717, 1.165) is 42.7 Å². The average Bonchev–Trinajstić information content (AvgIpc) is 3.48. The Kier molecular flexibility index (Phi) is 6.91. The Labute approximate surface area is 230 Å². The van der Waals surface area contributed by atoms with E-state index in [1.807, 2.05) is 48.5 Å². The summed E-state index contributed by atoms with van der Waals surface area (Å²) in [5.41, 5.74) is 3.64. The first-order chi connectivity index (χ1) is 19.1. The number of benzene rings is 3. The summed E-state index contributed by atoms with van der Waals surface area (Å²) in [6, 6.07) is 22.6. The van der Waals surface area contributed by atoms with Gasteiger partial charge >= 0.3 is 0 Å². The molecule has 8 nitrogen and oxygen atoms in total. The molecule has 1 atom stereocenters. The van der Waals surface area contributed by atoms with Gasteiger partial charge in [-0.2, -0.15) is 5.10 Å². The van der Waals surface area contributed by atoms with Crippen molar-refractivity contribution in [3.8, 4) is 11.1 Å². The fourth-order valence-corrected chi connectivity index (χ4v) is 5.49. The minimum absolute atomic E-state index is 0.326. The molecule has 3 heterocycles. The molecule has 6 rings (SSSR count). The van der Waals surface area contributed by atoms with Crippen LogP contribution in [0.3, 0.4) is 0 Å². The van der Waals surface area contributed by atoms with E-state index >= 15 is 0 Å². The van der Waals surface area contributed by atoms with Crippen molar-refractivity contribution < 1.29 is 4.79 Å². The van der Waals surface area contributed by atoms with Crippen LogP contribution < -0.4 is 15.8 Å². The van der Waals surface area contributed by atoms with E-state index in [2.05, 4.69) is 56.5 Å². The van der Waals surface area contributed by atoms with Crippen LogP contribution in [0.5, 0.6) is 0 Å². The zero-order valence-electron chi connectivity index (χ0n) is 21.5. The maximum absolute atomic E-state index is 13.6. The van der Waals surface area contributed by atoms with Crippen LogP contribution in [0.2, 0.25) is 0 Å². The number of hydrogen-bond donors (Lipinski definition) is 1. The van der Waals surface area contributed by atoms with Crippen molar-refractivity contribution in [3.05, 3.63) is 106 Å². The summed E-state index contributed by atoms with van der Waals surface area (Å²) in [7, 11) is 2.16. The third-order valence-electron chi connectivity index (χ3n) is 7.15. The number of carbonyl (C=O) groups excluding carboxylic acids is 1. The zero-order valence-corrected chi connectivity index (χ0v) is 22.3. The molecule has 1 N–H and O–H groups in total. The molecule has 3 aromatic carbocycles. The fourth-order valence-electron chi connectivity index (χ4n) is 4.96. The first-order valence-electron chi connectivity index (χ1n) is 12.9. The second-order valence-corrected chi connectivity index (χ2v) is 10.6. The van der Waals surface area contributed by atoms with Crippen LogP contribution >= 0.6 is 11.3 Å². The highest BCUT2D eigenvalue weighted by atomic mass is 32.1. The van der Waals surface area contributed by atoms with E-state index in [1.165, 1.54) is 21.7 Å². The normalized spacial score (nSPS) is 14.8. The second-order valence-electron chi connectivity index (χ2n) is 9.67. The number of nitrogens with one attached hydrogen (secondary N) is 1. The molecular weight excluding hydrogens is 508 g/mol. The Morgan fingerprint density at radius 1 is 0.949 bits per heavy atom. The minimum atomic E-state index is -0.936. The number of likely N-dealkylation sites (N-methyl/N-ethyl adjacent to an activating group) is 1. The third-order valence-corrected chi connectivity index (χ3v) is 7.84. The number of piperazine rings is 1. The van der Waals surface area contributed by atoms with Crippen molar-refractivity contribution in [2.75, 3.05) is 43.4 Å². The van der Waals surface area contributed by atoms with Gasteiger partial charge in [0, 0.05) is 48.8 Å². The van der Waals surface area contributed by atoms with Crippen LogP contribution in [0, 0.1) is 0 Å². The summed E-state index contributed by atoms with van der Waals surface area (Å²) >= 11 is 1.32. The smallest absolute Gasteiger partial charge is 0.275 e. The largest absolute Gasteiger partial charge is 0.369 e. The maximum atomic E-state index is 13.6. The van der Waals surface area contributed by atoms with Gasteiger partial charge in [-0.1, -0.05) is 48.5 Å². The highest BCUT2D eigenvalue weighted by Gasteiger charge is 2.26. The highest BCUT2D eigenvalue weighted by molar-refractivity contribution is 7.13. The topological polar surface area (TPSA) is 83.4 Å². The lowest BCUT2D eigenvalue weighted by molar-refractivity contribution is -0.118. The van der Waals surface area contributed by atoms with Gasteiger partial charge < -0.3 is 9.80 Å². The van der Waals surface area contributed by atoms with Gasteiger partial charge in [0.25, 0.3) is 11.5 Å². The van der Waals surface area contributed by atoms with Crippen LogP contribution in [0.4, 0.5) is 10.8 Å². The van der Waals surface area contributed by atoms with Crippen LogP contribution in [-0.4, -0.2) is 58.8 Å². The van der Waals surface area contributed by atoms with Crippen molar-refractivity contribution in [1.29, 1.82) is 0 Å². The summed E-state index contributed by atoms with van der Waals surface area (Å²) in [6.07, 6.45) is 3.28. The van der Waals surface area contributed by atoms with Crippen molar-refractivity contribution in [3.63, 3.8) is 0 Å². The lowest BCUT2D eigenvalue weighted by Gasteiger charge is -2.34. The molecule has 1 fully saturated rings. The molecule has 0 spiro atoms. The predicted molar refractivity (Wildman–Crippen MR) is 156 cm³/mol. The van der Waals surface area contributed by atoms with Gasteiger partial charge in [0.1, 0.15) is 0 Å². The number of carbonyl (C=O) groups is 1. The molecule has 9 heteroatoms. The molecular formula is C30H28N6O2S. The third kappa shape index (κ3) is 5.19. The Hall–Kier alpha value is -4.34. The molecule has 2 aromatic heterocycles. The average molecular weight is 537 g/mol.